The van der Waals surface area contributed by atoms with Gasteiger partial charge in [-0.25, -0.2) is 4.98 Å². The number of pyridine rings is 1. The number of aliphatic imine (C=N–C) groups is 1. The fraction of sp³-hybridized carbons (Fsp3) is 0.0769. The largest absolute Gasteiger partial charge is 0.481 e. The molecule has 0 aliphatic rings. The van der Waals surface area contributed by atoms with E-state index in [1.807, 2.05) is 42.6 Å². The Bertz CT molecular complexity index is 480. The zero-order valence-corrected chi connectivity index (χ0v) is 9.00. The summed E-state index contributed by atoms with van der Waals surface area (Å²) in [5.41, 5.74) is 1.90. The summed E-state index contributed by atoms with van der Waals surface area (Å²) in [6.45, 7) is 0. The minimum absolute atomic E-state index is 0.572. The molecule has 2 rings (SSSR count). The average molecular weight is 212 g/mol. The van der Waals surface area contributed by atoms with Gasteiger partial charge in [0.15, 0.2) is 0 Å². The van der Waals surface area contributed by atoms with Crippen molar-refractivity contribution in [2.45, 2.75) is 0 Å². The zero-order valence-electron chi connectivity index (χ0n) is 9.00. The molecule has 3 heteroatoms. The van der Waals surface area contributed by atoms with Gasteiger partial charge < -0.3 is 4.74 Å². The summed E-state index contributed by atoms with van der Waals surface area (Å²) in [6.07, 6.45) is 3.49. The molecule has 0 saturated carbocycles. The average Bonchev–Trinajstić information content (AvgIpc) is 2.38. The van der Waals surface area contributed by atoms with Crippen molar-refractivity contribution in [2.24, 2.45) is 4.99 Å². The van der Waals surface area contributed by atoms with Gasteiger partial charge in [0, 0.05) is 18.5 Å². The third kappa shape index (κ3) is 2.67. The number of rotatable bonds is 3. The third-order valence-corrected chi connectivity index (χ3v) is 2.09. The second-order valence-corrected chi connectivity index (χ2v) is 3.23. The van der Waals surface area contributed by atoms with Gasteiger partial charge >= 0.3 is 0 Å². The van der Waals surface area contributed by atoms with E-state index >= 15 is 0 Å². The molecule has 1 heterocycles. The van der Waals surface area contributed by atoms with Crippen molar-refractivity contribution in [3.63, 3.8) is 0 Å². The second-order valence-electron chi connectivity index (χ2n) is 3.23. The van der Waals surface area contributed by atoms with Gasteiger partial charge in [-0.2, -0.15) is 0 Å². The number of benzene rings is 1. The number of hydrogen-bond donors (Lipinski definition) is 0. The van der Waals surface area contributed by atoms with Crippen LogP contribution in [0.25, 0.3) is 0 Å². The number of hydrogen-bond acceptors (Lipinski definition) is 3. The topological polar surface area (TPSA) is 34.5 Å². The summed E-state index contributed by atoms with van der Waals surface area (Å²) in [7, 11) is 1.59. The van der Waals surface area contributed by atoms with Crippen LogP contribution in [0.1, 0.15) is 5.56 Å². The van der Waals surface area contributed by atoms with Crippen molar-refractivity contribution < 1.29 is 4.74 Å². The molecule has 0 bridgehead atoms. The van der Waals surface area contributed by atoms with E-state index in [0.29, 0.717) is 5.88 Å². The van der Waals surface area contributed by atoms with Crippen molar-refractivity contribution in [1.29, 1.82) is 0 Å². The molecule has 1 aromatic heterocycles. The summed E-state index contributed by atoms with van der Waals surface area (Å²) in [6, 6.07) is 13.6. The first kappa shape index (κ1) is 10.4. The molecule has 0 aliphatic heterocycles. The Morgan fingerprint density at radius 2 is 2.00 bits per heavy atom. The van der Waals surface area contributed by atoms with E-state index in [0.717, 1.165) is 11.3 Å². The van der Waals surface area contributed by atoms with Crippen LogP contribution in [0.15, 0.2) is 53.7 Å². The Balaban J connectivity index is 2.17. The molecule has 0 N–H and O–H groups in total. The minimum Gasteiger partial charge on any atom is -0.481 e. The smallest absolute Gasteiger partial charge is 0.215 e. The third-order valence-electron chi connectivity index (χ3n) is 2.09. The summed E-state index contributed by atoms with van der Waals surface area (Å²) in [5.74, 6) is 0.572. The van der Waals surface area contributed by atoms with Gasteiger partial charge in [-0.05, 0) is 11.6 Å². The monoisotopic (exact) mass is 212 g/mol. The Morgan fingerprint density at radius 1 is 1.19 bits per heavy atom. The second kappa shape index (κ2) is 5.07. The number of ether oxygens (including phenoxy) is 1. The molecular weight excluding hydrogens is 200 g/mol. The van der Waals surface area contributed by atoms with Crippen molar-refractivity contribution >= 4 is 11.9 Å². The van der Waals surface area contributed by atoms with Crippen LogP contribution >= 0.6 is 0 Å². The quantitative estimate of drug-likeness (QED) is 0.733. The molecule has 0 amide bonds. The molecule has 3 nitrogen and oxygen atoms in total. The normalized spacial score (nSPS) is 10.6. The summed E-state index contributed by atoms with van der Waals surface area (Å²) < 4.78 is 5.02. The molecule has 0 radical (unpaired) electrons. The molecule has 0 aliphatic carbocycles. The zero-order chi connectivity index (χ0) is 11.2. The van der Waals surface area contributed by atoms with Crippen molar-refractivity contribution in [3.05, 3.63) is 54.2 Å². The Hall–Kier alpha value is -2.16. The molecule has 2 aromatic rings. The molecule has 0 fully saturated rings. The molecule has 16 heavy (non-hydrogen) atoms. The van der Waals surface area contributed by atoms with E-state index in [2.05, 4.69) is 9.98 Å². The standard InChI is InChI=1S/C13H12N2O/c1-16-13-9-12(7-8-14-13)15-10-11-5-3-2-4-6-11/h2-10H,1H3/b15-10+. The number of methoxy groups -OCH3 is 1. The lowest BCUT2D eigenvalue weighted by molar-refractivity contribution is 0.398. The highest BCUT2D eigenvalue weighted by molar-refractivity contribution is 5.81. The van der Waals surface area contributed by atoms with Crippen LogP contribution < -0.4 is 4.74 Å². The highest BCUT2D eigenvalue weighted by Crippen LogP contribution is 2.16. The highest BCUT2D eigenvalue weighted by atomic mass is 16.5. The van der Waals surface area contributed by atoms with Gasteiger partial charge in [0.2, 0.25) is 5.88 Å². The van der Waals surface area contributed by atoms with Crippen LogP contribution in [-0.4, -0.2) is 18.3 Å². The van der Waals surface area contributed by atoms with Crippen LogP contribution in [-0.2, 0) is 0 Å². The van der Waals surface area contributed by atoms with Gasteiger partial charge in [0.1, 0.15) is 0 Å². The van der Waals surface area contributed by atoms with E-state index in [1.165, 1.54) is 0 Å². The van der Waals surface area contributed by atoms with Gasteiger partial charge in [0.25, 0.3) is 0 Å². The molecule has 0 unspecified atom stereocenters. The van der Waals surface area contributed by atoms with Crippen LogP contribution in [0, 0.1) is 0 Å². The lowest BCUT2D eigenvalue weighted by Crippen LogP contribution is -1.85. The maximum atomic E-state index is 5.02. The Labute approximate surface area is 94.4 Å². The van der Waals surface area contributed by atoms with Gasteiger partial charge in [-0.1, -0.05) is 30.3 Å². The Morgan fingerprint density at radius 3 is 2.75 bits per heavy atom. The Kier molecular flexibility index (Phi) is 3.28. The van der Waals surface area contributed by atoms with Crippen LogP contribution in [0.4, 0.5) is 5.69 Å². The lowest BCUT2D eigenvalue weighted by atomic mass is 10.2. The maximum absolute atomic E-state index is 5.02. The van der Waals surface area contributed by atoms with E-state index in [-0.39, 0.29) is 0 Å². The first-order valence-electron chi connectivity index (χ1n) is 4.97. The molecule has 0 atom stereocenters. The van der Waals surface area contributed by atoms with Crippen molar-refractivity contribution in [3.8, 4) is 5.88 Å². The lowest BCUT2D eigenvalue weighted by Gasteiger charge is -1.98. The first-order chi connectivity index (χ1) is 7.88. The van der Waals surface area contributed by atoms with E-state index in [1.54, 1.807) is 19.4 Å². The predicted molar refractivity (Wildman–Crippen MR) is 64.5 cm³/mol. The summed E-state index contributed by atoms with van der Waals surface area (Å²) in [4.78, 5) is 8.36. The maximum Gasteiger partial charge on any atom is 0.215 e. The summed E-state index contributed by atoms with van der Waals surface area (Å²) >= 11 is 0. The van der Waals surface area contributed by atoms with Gasteiger partial charge in [-0.3, -0.25) is 4.99 Å². The van der Waals surface area contributed by atoms with Gasteiger partial charge in [0.05, 0.1) is 12.8 Å². The van der Waals surface area contributed by atoms with Gasteiger partial charge in [-0.15, -0.1) is 0 Å². The molecule has 0 saturated heterocycles. The highest BCUT2D eigenvalue weighted by Gasteiger charge is 1.93. The summed E-state index contributed by atoms with van der Waals surface area (Å²) in [5, 5.41) is 0. The van der Waals surface area contributed by atoms with E-state index in [9.17, 15) is 0 Å². The van der Waals surface area contributed by atoms with Crippen molar-refractivity contribution in [1.82, 2.24) is 4.98 Å². The molecule has 0 spiro atoms. The molecule has 80 valence electrons. The fourth-order valence-corrected chi connectivity index (χ4v) is 1.28. The minimum atomic E-state index is 0.572. The van der Waals surface area contributed by atoms with E-state index in [4.69, 9.17) is 4.74 Å². The van der Waals surface area contributed by atoms with Crippen LogP contribution in [0.5, 0.6) is 5.88 Å². The van der Waals surface area contributed by atoms with Crippen LogP contribution in [0.2, 0.25) is 0 Å². The predicted octanol–water partition coefficient (Wildman–Crippen LogP) is 2.84. The fourth-order valence-electron chi connectivity index (χ4n) is 1.28. The SMILES string of the molecule is COc1cc(/N=C/c2ccccc2)ccn1. The number of nitrogens with zero attached hydrogens (tertiary/aromatic N) is 2. The number of aromatic nitrogens is 1. The van der Waals surface area contributed by atoms with E-state index < -0.39 is 0 Å². The molecule has 1 aromatic carbocycles. The van der Waals surface area contributed by atoms with Crippen molar-refractivity contribution in [2.75, 3.05) is 7.11 Å². The van der Waals surface area contributed by atoms with Crippen LogP contribution in [0.3, 0.4) is 0 Å². The first-order valence-corrected chi connectivity index (χ1v) is 4.97. The molecular formula is C13H12N2O.